The van der Waals surface area contributed by atoms with Crippen molar-refractivity contribution in [2.24, 2.45) is 0 Å². The highest BCUT2D eigenvalue weighted by molar-refractivity contribution is 6.18. The lowest BCUT2D eigenvalue weighted by atomic mass is 9.91. The highest BCUT2D eigenvalue weighted by atomic mass is 35.5. The summed E-state index contributed by atoms with van der Waals surface area (Å²) >= 11 is 5.60. The van der Waals surface area contributed by atoms with Crippen LogP contribution >= 0.6 is 11.6 Å². The van der Waals surface area contributed by atoms with Crippen molar-refractivity contribution in [2.75, 3.05) is 32.7 Å². The largest absolute Gasteiger partial charge is 0.381 e. The molecule has 0 aromatic rings. The summed E-state index contributed by atoms with van der Waals surface area (Å²) < 4.78 is 11.3. The number of nitrogens with zero attached hydrogens (tertiary/aromatic N) is 1. The molecule has 0 radical (unpaired) electrons. The number of methoxy groups -OCH3 is 1. The van der Waals surface area contributed by atoms with Gasteiger partial charge in [-0.3, -0.25) is 4.79 Å². The minimum absolute atomic E-state index is 0.139. The Morgan fingerprint density at radius 1 is 1.65 bits per heavy atom. The smallest absolute Gasteiger partial charge is 0.223 e. The van der Waals surface area contributed by atoms with Crippen LogP contribution in [0.3, 0.4) is 0 Å². The maximum Gasteiger partial charge on any atom is 0.223 e. The first-order valence-electron chi connectivity index (χ1n) is 6.19. The van der Waals surface area contributed by atoms with E-state index in [-0.39, 0.29) is 17.6 Å². The van der Waals surface area contributed by atoms with E-state index in [2.05, 4.69) is 0 Å². The molecule has 1 amide bonds. The predicted octanol–water partition coefficient (Wildman–Crippen LogP) is 1.41. The van der Waals surface area contributed by atoms with Gasteiger partial charge in [0.2, 0.25) is 5.91 Å². The number of hydrogen-bond donors (Lipinski definition) is 0. The summed E-state index contributed by atoms with van der Waals surface area (Å²) in [5, 5.41) is 0. The van der Waals surface area contributed by atoms with Crippen molar-refractivity contribution in [3.05, 3.63) is 0 Å². The molecule has 2 heterocycles. The normalized spacial score (nSPS) is 33.3. The van der Waals surface area contributed by atoms with E-state index in [0.717, 1.165) is 32.4 Å². The second-order valence-corrected chi connectivity index (χ2v) is 5.26. The summed E-state index contributed by atoms with van der Waals surface area (Å²) in [6.45, 7) is 2.21. The van der Waals surface area contributed by atoms with E-state index in [1.54, 1.807) is 7.11 Å². The van der Waals surface area contributed by atoms with Gasteiger partial charge in [0.15, 0.2) is 0 Å². The zero-order valence-electron chi connectivity index (χ0n) is 10.3. The van der Waals surface area contributed by atoms with Gasteiger partial charge in [0.25, 0.3) is 0 Å². The fourth-order valence-corrected chi connectivity index (χ4v) is 2.93. The first kappa shape index (κ1) is 13.1. The molecule has 98 valence electrons. The standard InChI is InChI=1S/C12H20ClNO3/c1-16-10-3-7-17-12(8-10)4-6-14(9-12)11(15)2-5-13/h10H,2-9H2,1H3/t10-,12-/m0/s1. The third-order valence-electron chi connectivity index (χ3n) is 3.76. The van der Waals surface area contributed by atoms with Gasteiger partial charge < -0.3 is 14.4 Å². The fraction of sp³-hybridized carbons (Fsp3) is 0.917. The molecule has 0 bridgehead atoms. The summed E-state index contributed by atoms with van der Waals surface area (Å²) in [4.78, 5) is 13.7. The van der Waals surface area contributed by atoms with Gasteiger partial charge in [-0.15, -0.1) is 11.6 Å². The van der Waals surface area contributed by atoms with Crippen LogP contribution in [0.4, 0.5) is 0 Å². The summed E-state index contributed by atoms with van der Waals surface area (Å²) in [5.41, 5.74) is -0.166. The number of alkyl halides is 1. The molecule has 0 aromatic carbocycles. The molecule has 2 rings (SSSR count). The molecule has 5 heteroatoms. The van der Waals surface area contributed by atoms with Crippen molar-refractivity contribution in [2.45, 2.75) is 37.4 Å². The average Bonchev–Trinajstić information content (AvgIpc) is 2.73. The van der Waals surface area contributed by atoms with E-state index in [9.17, 15) is 4.79 Å². The molecule has 0 aliphatic carbocycles. The van der Waals surface area contributed by atoms with Crippen LogP contribution in [0.5, 0.6) is 0 Å². The SMILES string of the molecule is CO[C@H]1CCO[C@@]2(CCN(C(=O)CCCl)C2)C1. The van der Waals surface area contributed by atoms with Crippen LogP contribution in [-0.2, 0) is 14.3 Å². The second-order valence-electron chi connectivity index (χ2n) is 4.89. The molecule has 1 spiro atoms. The fourth-order valence-electron chi connectivity index (χ4n) is 2.76. The Balaban J connectivity index is 1.93. The zero-order valence-corrected chi connectivity index (χ0v) is 11.0. The highest BCUT2D eigenvalue weighted by Crippen LogP contribution is 2.35. The third-order valence-corrected chi connectivity index (χ3v) is 3.95. The van der Waals surface area contributed by atoms with Gasteiger partial charge in [-0.05, 0) is 12.8 Å². The van der Waals surface area contributed by atoms with Crippen molar-refractivity contribution < 1.29 is 14.3 Å². The molecule has 2 aliphatic rings. The van der Waals surface area contributed by atoms with E-state index < -0.39 is 0 Å². The number of likely N-dealkylation sites (tertiary alicyclic amines) is 1. The summed E-state index contributed by atoms with van der Waals surface area (Å²) in [6, 6.07) is 0. The first-order valence-corrected chi connectivity index (χ1v) is 6.73. The van der Waals surface area contributed by atoms with Gasteiger partial charge in [-0.25, -0.2) is 0 Å². The quantitative estimate of drug-likeness (QED) is 0.721. The molecule has 0 N–H and O–H groups in total. The average molecular weight is 262 g/mol. The number of hydrogen-bond acceptors (Lipinski definition) is 3. The molecular formula is C12H20ClNO3. The van der Waals surface area contributed by atoms with Gasteiger partial charge in [-0.1, -0.05) is 0 Å². The molecule has 17 heavy (non-hydrogen) atoms. The zero-order chi connectivity index (χ0) is 12.3. The molecule has 0 aromatic heterocycles. The van der Waals surface area contributed by atoms with Crippen LogP contribution in [0.2, 0.25) is 0 Å². The molecule has 0 unspecified atom stereocenters. The number of rotatable bonds is 3. The summed E-state index contributed by atoms with van der Waals surface area (Å²) in [5.74, 6) is 0.532. The van der Waals surface area contributed by atoms with Crippen LogP contribution in [0.25, 0.3) is 0 Å². The van der Waals surface area contributed by atoms with E-state index in [1.165, 1.54) is 0 Å². The molecule has 2 fully saturated rings. The van der Waals surface area contributed by atoms with Gasteiger partial charge in [-0.2, -0.15) is 0 Å². The van der Waals surface area contributed by atoms with Gasteiger partial charge in [0.05, 0.1) is 11.7 Å². The molecule has 2 saturated heterocycles. The highest BCUT2D eigenvalue weighted by Gasteiger charge is 2.44. The number of amides is 1. The lowest BCUT2D eigenvalue weighted by Crippen LogP contribution is -2.45. The second kappa shape index (κ2) is 5.55. The Hall–Kier alpha value is -0.320. The van der Waals surface area contributed by atoms with Crippen molar-refractivity contribution >= 4 is 17.5 Å². The number of carbonyl (C=O) groups excluding carboxylic acids is 1. The van der Waals surface area contributed by atoms with E-state index in [0.29, 0.717) is 18.8 Å². The maximum atomic E-state index is 11.8. The predicted molar refractivity (Wildman–Crippen MR) is 65.2 cm³/mol. The van der Waals surface area contributed by atoms with Gasteiger partial charge in [0, 0.05) is 45.5 Å². The first-order chi connectivity index (χ1) is 8.19. The van der Waals surface area contributed by atoms with Crippen molar-refractivity contribution in [1.82, 2.24) is 4.90 Å². The Morgan fingerprint density at radius 2 is 2.47 bits per heavy atom. The van der Waals surface area contributed by atoms with Crippen LogP contribution in [0, 0.1) is 0 Å². The molecule has 2 aliphatic heterocycles. The van der Waals surface area contributed by atoms with Crippen LogP contribution < -0.4 is 0 Å². The molecule has 4 nitrogen and oxygen atoms in total. The summed E-state index contributed by atoms with van der Waals surface area (Å²) in [7, 11) is 1.75. The van der Waals surface area contributed by atoms with E-state index in [4.69, 9.17) is 21.1 Å². The van der Waals surface area contributed by atoms with Crippen LogP contribution in [0.15, 0.2) is 0 Å². The van der Waals surface area contributed by atoms with E-state index in [1.807, 2.05) is 4.90 Å². The number of carbonyl (C=O) groups is 1. The minimum atomic E-state index is -0.166. The van der Waals surface area contributed by atoms with Crippen LogP contribution in [-0.4, -0.2) is 55.2 Å². The molecule has 2 atom stereocenters. The van der Waals surface area contributed by atoms with E-state index >= 15 is 0 Å². The molecule has 0 saturated carbocycles. The number of ether oxygens (including phenoxy) is 2. The topological polar surface area (TPSA) is 38.8 Å². The Labute approximate surface area is 107 Å². The monoisotopic (exact) mass is 261 g/mol. The lowest BCUT2D eigenvalue weighted by molar-refractivity contribution is -0.137. The van der Waals surface area contributed by atoms with Gasteiger partial charge in [0.1, 0.15) is 0 Å². The maximum absolute atomic E-state index is 11.8. The summed E-state index contributed by atoms with van der Waals surface area (Å²) in [6.07, 6.45) is 3.46. The molecular weight excluding hydrogens is 242 g/mol. The van der Waals surface area contributed by atoms with Crippen molar-refractivity contribution in [3.8, 4) is 0 Å². The lowest BCUT2D eigenvalue weighted by Gasteiger charge is -2.37. The Bertz CT molecular complexity index is 287. The Kier molecular flexibility index (Phi) is 4.28. The van der Waals surface area contributed by atoms with Gasteiger partial charge >= 0.3 is 0 Å². The minimum Gasteiger partial charge on any atom is -0.381 e. The third kappa shape index (κ3) is 2.92. The number of halogens is 1. The van der Waals surface area contributed by atoms with Crippen molar-refractivity contribution in [3.63, 3.8) is 0 Å². The van der Waals surface area contributed by atoms with Crippen LogP contribution in [0.1, 0.15) is 25.7 Å². The Morgan fingerprint density at radius 3 is 3.18 bits per heavy atom. The van der Waals surface area contributed by atoms with Crippen molar-refractivity contribution in [1.29, 1.82) is 0 Å².